The van der Waals surface area contributed by atoms with Gasteiger partial charge in [0.25, 0.3) is 11.8 Å². The zero-order valence-corrected chi connectivity index (χ0v) is 19.0. The number of carboxylic acid groups (broad SMARTS) is 1. The van der Waals surface area contributed by atoms with Crippen molar-refractivity contribution in [2.45, 2.75) is 30.0 Å². The van der Waals surface area contributed by atoms with Gasteiger partial charge in [-0.3, -0.25) is 14.4 Å². The van der Waals surface area contributed by atoms with E-state index in [0.717, 1.165) is 16.2 Å². The Bertz CT molecular complexity index is 1030. The second-order valence-corrected chi connectivity index (χ2v) is 10.8. The van der Waals surface area contributed by atoms with Crippen LogP contribution in [0.1, 0.15) is 18.5 Å². The van der Waals surface area contributed by atoms with E-state index in [4.69, 9.17) is 20.4 Å². The SMILES string of the molecule is C[S+]1C[C@@H]2CC(=O)O[C@]2(C(=O)[O-])N2C(=O)[C@@H](NC(=O)/C(=N\OCCCO)c3csc(N)n3)[C@H]21. The largest absolute Gasteiger partial charge is 0.544 e. The summed E-state index contributed by atoms with van der Waals surface area (Å²) >= 11 is 1.08. The van der Waals surface area contributed by atoms with Gasteiger partial charge in [-0.1, -0.05) is 5.16 Å². The van der Waals surface area contributed by atoms with Crippen LogP contribution in [0.4, 0.5) is 5.13 Å². The summed E-state index contributed by atoms with van der Waals surface area (Å²) in [6.07, 6.45) is 2.01. The van der Waals surface area contributed by atoms with Crippen LogP contribution in [0.3, 0.4) is 0 Å². The number of β-lactam (4-membered cyclic amide) rings is 1. The van der Waals surface area contributed by atoms with Crippen molar-refractivity contribution in [2.75, 3.05) is 31.0 Å². The van der Waals surface area contributed by atoms with E-state index >= 15 is 0 Å². The molecule has 4 N–H and O–H groups in total. The van der Waals surface area contributed by atoms with E-state index in [1.165, 1.54) is 5.38 Å². The fourth-order valence-electron chi connectivity index (χ4n) is 4.19. The van der Waals surface area contributed by atoms with Crippen LogP contribution in [-0.4, -0.2) is 86.8 Å². The second kappa shape index (κ2) is 8.79. The third-order valence-corrected chi connectivity index (χ3v) is 8.53. The molecular formula is C18H21N5O8S2. The third kappa shape index (κ3) is 3.79. The molecule has 3 aliphatic rings. The first kappa shape index (κ1) is 23.3. The van der Waals surface area contributed by atoms with Gasteiger partial charge in [-0.15, -0.1) is 11.3 Å². The fourth-order valence-corrected chi connectivity index (χ4v) is 7.18. The minimum absolute atomic E-state index is 0.0466. The standard InChI is InChI=1S/C18H21N5O8S2/c1-33-7-8-5-10(25)31-18(8,16(28)29)23-14(27)12(15(23)33)21-13(26)11(22-30-4-2-3-24)9-6-32-17(19)20-9/h6,8,12,15,24H,2-5,7H2,1H3,(H3-,19,20,21,26,28,29)/b22-11-/t8-,12+,15+,18+,33?/m0/s1. The van der Waals surface area contributed by atoms with Gasteiger partial charge in [0, 0.05) is 29.3 Å². The number of hydrogen-bond acceptors (Lipinski definition) is 12. The maximum atomic E-state index is 13.0. The van der Waals surface area contributed by atoms with Gasteiger partial charge in [-0.2, -0.15) is 0 Å². The van der Waals surface area contributed by atoms with Crippen molar-refractivity contribution in [2.24, 2.45) is 11.1 Å². The number of esters is 1. The Labute approximate surface area is 194 Å². The highest BCUT2D eigenvalue weighted by molar-refractivity contribution is 7.97. The summed E-state index contributed by atoms with van der Waals surface area (Å²) in [5.74, 6) is -4.22. The maximum absolute atomic E-state index is 13.0. The molecule has 0 radical (unpaired) electrons. The Morgan fingerprint density at radius 2 is 2.30 bits per heavy atom. The topological polar surface area (TPSA) is 197 Å². The van der Waals surface area contributed by atoms with Gasteiger partial charge in [0.2, 0.25) is 11.1 Å². The third-order valence-electron chi connectivity index (χ3n) is 5.62. The molecule has 0 spiro atoms. The molecule has 1 unspecified atom stereocenters. The number of nitrogens with zero attached hydrogens (tertiary/aromatic N) is 3. The summed E-state index contributed by atoms with van der Waals surface area (Å²) in [5.41, 5.74) is 3.40. The zero-order chi connectivity index (χ0) is 23.9. The number of amides is 2. The number of carboxylic acids is 1. The summed E-state index contributed by atoms with van der Waals surface area (Å²) in [6.45, 7) is -0.0790. The first-order valence-corrected chi connectivity index (χ1v) is 12.7. The normalized spacial score (nSPS) is 30.7. The van der Waals surface area contributed by atoms with Crippen molar-refractivity contribution in [3.8, 4) is 0 Å². The van der Waals surface area contributed by atoms with E-state index in [2.05, 4.69) is 15.5 Å². The number of fused-ring (bicyclic) bond motifs is 3. The number of carbonyl (C=O) groups is 4. The number of oxime groups is 1. The van der Waals surface area contributed by atoms with Crippen LogP contribution in [-0.2, 0) is 39.6 Å². The van der Waals surface area contributed by atoms with E-state index in [1.54, 1.807) is 0 Å². The van der Waals surface area contributed by atoms with E-state index in [-0.39, 0.29) is 36.2 Å². The number of aliphatic hydroxyl groups is 1. The number of nitrogens with one attached hydrogen (secondary N) is 1. The first-order chi connectivity index (χ1) is 15.7. The molecule has 3 fully saturated rings. The molecule has 0 aromatic carbocycles. The molecule has 4 rings (SSSR count). The summed E-state index contributed by atoms with van der Waals surface area (Å²) < 4.78 is 5.13. The van der Waals surface area contributed by atoms with Gasteiger partial charge in [-0.05, 0) is 0 Å². The predicted molar refractivity (Wildman–Crippen MR) is 113 cm³/mol. The number of nitrogens with two attached hydrogens (primary N) is 1. The fraction of sp³-hybridized carbons (Fsp3) is 0.556. The van der Waals surface area contributed by atoms with Crippen LogP contribution < -0.4 is 16.2 Å². The van der Waals surface area contributed by atoms with E-state index < -0.39 is 57.7 Å². The average molecular weight is 500 g/mol. The van der Waals surface area contributed by atoms with Crippen molar-refractivity contribution in [3.05, 3.63) is 11.1 Å². The Kier molecular flexibility index (Phi) is 6.20. The molecule has 0 bridgehead atoms. The first-order valence-electron chi connectivity index (χ1n) is 9.91. The second-order valence-electron chi connectivity index (χ2n) is 7.69. The number of nitrogen functional groups attached to an aromatic ring is 1. The average Bonchev–Trinajstić information content (AvgIpc) is 3.33. The molecule has 2 amide bonds. The molecule has 0 saturated carbocycles. The van der Waals surface area contributed by atoms with Crippen molar-refractivity contribution in [1.82, 2.24) is 15.2 Å². The molecule has 5 atom stereocenters. The molecule has 1 aromatic rings. The van der Waals surface area contributed by atoms with Crippen molar-refractivity contribution in [1.29, 1.82) is 0 Å². The lowest BCUT2D eigenvalue weighted by Crippen LogP contribution is -2.85. The highest BCUT2D eigenvalue weighted by Gasteiger charge is 2.74. The highest BCUT2D eigenvalue weighted by atomic mass is 32.2. The Morgan fingerprint density at radius 3 is 2.94 bits per heavy atom. The smallest absolute Gasteiger partial charge is 0.308 e. The lowest BCUT2D eigenvalue weighted by atomic mass is 9.89. The monoisotopic (exact) mass is 499 g/mol. The molecule has 178 valence electrons. The maximum Gasteiger partial charge on any atom is 0.308 e. The van der Waals surface area contributed by atoms with Crippen LogP contribution >= 0.6 is 11.3 Å². The van der Waals surface area contributed by atoms with E-state index in [9.17, 15) is 24.3 Å². The lowest BCUT2D eigenvalue weighted by molar-refractivity contribution is -0.340. The van der Waals surface area contributed by atoms with Crippen LogP contribution in [0.5, 0.6) is 0 Å². The van der Waals surface area contributed by atoms with Crippen LogP contribution in [0.2, 0.25) is 0 Å². The number of aliphatic carboxylic acids is 1. The number of rotatable bonds is 8. The molecule has 15 heteroatoms. The molecule has 1 aromatic heterocycles. The van der Waals surface area contributed by atoms with Gasteiger partial charge in [0.05, 0.1) is 18.6 Å². The molecule has 13 nitrogen and oxygen atoms in total. The highest BCUT2D eigenvalue weighted by Crippen LogP contribution is 2.48. The Hall–Kier alpha value is -2.91. The number of hydrogen-bond donors (Lipinski definition) is 3. The van der Waals surface area contributed by atoms with E-state index in [0.29, 0.717) is 12.2 Å². The number of aliphatic hydroxyl groups excluding tert-OH is 1. The van der Waals surface area contributed by atoms with Crippen LogP contribution in [0, 0.1) is 5.92 Å². The van der Waals surface area contributed by atoms with Gasteiger partial charge in [0.1, 0.15) is 24.0 Å². The quantitative estimate of drug-likeness (QED) is 0.0816. The summed E-state index contributed by atoms with van der Waals surface area (Å²) in [7, 11) is -0.541. The number of aromatic nitrogens is 1. The summed E-state index contributed by atoms with van der Waals surface area (Å²) in [6, 6.07) is -1.05. The lowest BCUT2D eigenvalue weighted by Gasteiger charge is -2.56. The van der Waals surface area contributed by atoms with Crippen molar-refractivity contribution < 1.29 is 39.0 Å². The predicted octanol–water partition coefficient (Wildman–Crippen LogP) is -3.25. The Morgan fingerprint density at radius 1 is 1.55 bits per heavy atom. The molecule has 3 aliphatic heterocycles. The van der Waals surface area contributed by atoms with Crippen molar-refractivity contribution in [3.63, 3.8) is 0 Å². The molecule has 3 saturated heterocycles. The minimum Gasteiger partial charge on any atom is -0.544 e. The van der Waals surface area contributed by atoms with Crippen LogP contribution in [0.15, 0.2) is 10.5 Å². The number of thiazole rings is 1. The van der Waals surface area contributed by atoms with Crippen LogP contribution in [0.25, 0.3) is 0 Å². The summed E-state index contributed by atoms with van der Waals surface area (Å²) in [5, 5.41) is 28.2. The molecule has 33 heavy (non-hydrogen) atoms. The molecular weight excluding hydrogens is 478 g/mol. The number of carbonyl (C=O) groups excluding carboxylic acids is 4. The number of anilines is 1. The van der Waals surface area contributed by atoms with Gasteiger partial charge >= 0.3 is 5.97 Å². The number of ether oxygens (including phenoxy) is 1. The zero-order valence-electron chi connectivity index (χ0n) is 17.4. The van der Waals surface area contributed by atoms with Crippen molar-refractivity contribution >= 4 is 56.8 Å². The minimum atomic E-state index is -2.16. The summed E-state index contributed by atoms with van der Waals surface area (Å²) in [4.78, 5) is 60.0. The molecule has 0 aliphatic carbocycles. The van der Waals surface area contributed by atoms with E-state index in [1.807, 2.05) is 6.26 Å². The van der Waals surface area contributed by atoms with Gasteiger partial charge in [0.15, 0.2) is 16.9 Å². The van der Waals surface area contributed by atoms with Gasteiger partial charge < -0.3 is 35.6 Å². The Balaban J connectivity index is 1.56. The molecule has 4 heterocycles. The van der Waals surface area contributed by atoms with Gasteiger partial charge in [-0.25, -0.2) is 9.88 Å².